The lowest BCUT2D eigenvalue weighted by atomic mass is 10.2. The first-order valence-electron chi connectivity index (χ1n) is 5.91. The summed E-state index contributed by atoms with van der Waals surface area (Å²) in [5, 5.41) is 8.57. The first-order chi connectivity index (χ1) is 9.20. The van der Waals surface area contributed by atoms with E-state index in [9.17, 15) is 0 Å². The Bertz CT molecular complexity index is 601. The number of fused-ring (bicyclic) bond motifs is 1. The van der Waals surface area contributed by atoms with Gasteiger partial charge >= 0.3 is 6.01 Å². The van der Waals surface area contributed by atoms with E-state index in [0.717, 1.165) is 18.9 Å². The number of nitrogens with zero attached hydrogens (tertiary/aromatic N) is 6. The van der Waals surface area contributed by atoms with Gasteiger partial charge in [0.2, 0.25) is 0 Å². The van der Waals surface area contributed by atoms with Crippen molar-refractivity contribution in [1.29, 1.82) is 0 Å². The minimum Gasteiger partial charge on any atom is -0.467 e. The van der Waals surface area contributed by atoms with Crippen LogP contribution >= 0.6 is 11.6 Å². The standard InChI is InChI=1S/C11H13ClN6O/c1-7-9-16-14-6-17(9)3-4-18(7)10-8(12)5-13-11(15-10)19-2/h5-7H,3-4H2,1-2H3/t7-/m0/s1. The third kappa shape index (κ3) is 1.99. The van der Waals surface area contributed by atoms with Crippen LogP contribution in [0.5, 0.6) is 6.01 Å². The van der Waals surface area contributed by atoms with E-state index in [0.29, 0.717) is 16.9 Å². The van der Waals surface area contributed by atoms with Crippen molar-refractivity contribution in [3.8, 4) is 6.01 Å². The summed E-state index contributed by atoms with van der Waals surface area (Å²) in [5.74, 6) is 1.56. The van der Waals surface area contributed by atoms with E-state index in [1.807, 2.05) is 11.5 Å². The van der Waals surface area contributed by atoms with Gasteiger partial charge < -0.3 is 14.2 Å². The highest BCUT2D eigenvalue weighted by Crippen LogP contribution is 2.32. The number of rotatable bonds is 2. The average Bonchev–Trinajstić information content (AvgIpc) is 2.90. The van der Waals surface area contributed by atoms with Crippen LogP contribution in [0, 0.1) is 0 Å². The van der Waals surface area contributed by atoms with Gasteiger partial charge in [-0.1, -0.05) is 11.6 Å². The molecule has 2 aromatic heterocycles. The molecule has 0 saturated heterocycles. The molecule has 1 aliphatic rings. The number of hydrogen-bond donors (Lipinski definition) is 0. The molecule has 100 valence electrons. The van der Waals surface area contributed by atoms with Crippen LogP contribution in [0.4, 0.5) is 5.82 Å². The molecule has 0 N–H and O–H groups in total. The number of ether oxygens (including phenoxy) is 1. The van der Waals surface area contributed by atoms with Crippen molar-refractivity contribution in [2.75, 3.05) is 18.6 Å². The van der Waals surface area contributed by atoms with Crippen molar-refractivity contribution in [3.63, 3.8) is 0 Å². The maximum Gasteiger partial charge on any atom is 0.318 e. The van der Waals surface area contributed by atoms with Gasteiger partial charge in [0.15, 0.2) is 11.6 Å². The fourth-order valence-electron chi connectivity index (χ4n) is 2.24. The molecule has 3 heterocycles. The largest absolute Gasteiger partial charge is 0.467 e. The highest BCUT2D eigenvalue weighted by molar-refractivity contribution is 6.32. The van der Waals surface area contributed by atoms with Gasteiger partial charge in [0.25, 0.3) is 0 Å². The summed E-state index contributed by atoms with van der Waals surface area (Å²) in [4.78, 5) is 10.4. The number of aromatic nitrogens is 5. The number of halogens is 1. The molecule has 0 bridgehead atoms. The molecule has 3 rings (SSSR count). The fraction of sp³-hybridized carbons (Fsp3) is 0.455. The third-order valence-corrected chi connectivity index (χ3v) is 3.49. The predicted octanol–water partition coefficient (Wildman–Crippen LogP) is 1.31. The summed E-state index contributed by atoms with van der Waals surface area (Å²) in [7, 11) is 1.53. The SMILES string of the molecule is COc1ncc(Cl)c(N2CCn3cnnc3[C@@H]2C)n1. The van der Waals surface area contributed by atoms with Crippen LogP contribution in [0.2, 0.25) is 5.02 Å². The molecule has 8 heteroatoms. The summed E-state index contributed by atoms with van der Waals surface area (Å²) < 4.78 is 7.08. The lowest BCUT2D eigenvalue weighted by Gasteiger charge is -2.34. The molecule has 2 aromatic rings. The predicted molar refractivity (Wildman–Crippen MR) is 69.4 cm³/mol. The molecule has 0 amide bonds. The summed E-state index contributed by atoms with van der Waals surface area (Å²) in [6.07, 6.45) is 3.29. The van der Waals surface area contributed by atoms with Crippen molar-refractivity contribution >= 4 is 17.4 Å². The summed E-state index contributed by atoms with van der Waals surface area (Å²) >= 11 is 6.19. The monoisotopic (exact) mass is 280 g/mol. The lowest BCUT2D eigenvalue weighted by Crippen LogP contribution is -2.37. The Balaban J connectivity index is 1.99. The van der Waals surface area contributed by atoms with Crippen molar-refractivity contribution in [1.82, 2.24) is 24.7 Å². The molecule has 0 spiro atoms. The van der Waals surface area contributed by atoms with Crippen LogP contribution < -0.4 is 9.64 Å². The smallest absolute Gasteiger partial charge is 0.318 e. The topological polar surface area (TPSA) is 69.0 Å². The van der Waals surface area contributed by atoms with E-state index in [1.54, 1.807) is 12.5 Å². The van der Waals surface area contributed by atoms with Crippen molar-refractivity contribution in [3.05, 3.63) is 23.4 Å². The van der Waals surface area contributed by atoms with E-state index in [1.165, 1.54) is 7.11 Å². The van der Waals surface area contributed by atoms with Gasteiger partial charge in [0.05, 0.1) is 19.3 Å². The van der Waals surface area contributed by atoms with Gasteiger partial charge in [-0.25, -0.2) is 4.98 Å². The Morgan fingerprint density at radius 1 is 1.42 bits per heavy atom. The molecule has 0 aliphatic carbocycles. The number of anilines is 1. The maximum absolute atomic E-state index is 6.19. The first-order valence-corrected chi connectivity index (χ1v) is 6.29. The molecular weight excluding hydrogens is 268 g/mol. The number of hydrogen-bond acceptors (Lipinski definition) is 6. The van der Waals surface area contributed by atoms with Gasteiger partial charge in [-0.05, 0) is 6.92 Å². The zero-order chi connectivity index (χ0) is 13.4. The minimum atomic E-state index is 0.0494. The Labute approximate surface area is 115 Å². The van der Waals surface area contributed by atoms with Crippen LogP contribution in [-0.2, 0) is 6.54 Å². The third-order valence-electron chi connectivity index (χ3n) is 3.23. The Kier molecular flexibility index (Phi) is 2.98. The van der Waals surface area contributed by atoms with Crippen LogP contribution in [0.25, 0.3) is 0 Å². The Morgan fingerprint density at radius 3 is 3.05 bits per heavy atom. The van der Waals surface area contributed by atoms with Crippen molar-refractivity contribution < 1.29 is 4.74 Å². The zero-order valence-corrected chi connectivity index (χ0v) is 11.4. The quantitative estimate of drug-likeness (QED) is 0.826. The van der Waals surface area contributed by atoms with Gasteiger partial charge in [0, 0.05) is 13.1 Å². The van der Waals surface area contributed by atoms with Crippen LogP contribution in [-0.4, -0.2) is 38.4 Å². The number of methoxy groups -OCH3 is 1. The van der Waals surface area contributed by atoms with E-state index in [2.05, 4.69) is 25.1 Å². The average molecular weight is 281 g/mol. The minimum absolute atomic E-state index is 0.0494. The lowest BCUT2D eigenvalue weighted by molar-refractivity contribution is 0.378. The molecule has 0 aromatic carbocycles. The highest BCUT2D eigenvalue weighted by Gasteiger charge is 2.28. The van der Waals surface area contributed by atoms with Gasteiger partial charge in [-0.2, -0.15) is 4.98 Å². The Hall–Kier alpha value is -1.89. The molecule has 0 fully saturated rings. The van der Waals surface area contributed by atoms with E-state index >= 15 is 0 Å². The van der Waals surface area contributed by atoms with Crippen LogP contribution in [0.1, 0.15) is 18.8 Å². The highest BCUT2D eigenvalue weighted by atomic mass is 35.5. The summed E-state index contributed by atoms with van der Waals surface area (Å²) in [6.45, 7) is 3.63. The summed E-state index contributed by atoms with van der Waals surface area (Å²) in [5.41, 5.74) is 0. The summed E-state index contributed by atoms with van der Waals surface area (Å²) in [6, 6.07) is 0.354. The van der Waals surface area contributed by atoms with Crippen LogP contribution in [0.3, 0.4) is 0 Å². The molecule has 0 saturated carbocycles. The second-order valence-electron chi connectivity index (χ2n) is 4.28. The molecule has 0 radical (unpaired) electrons. The molecule has 0 unspecified atom stereocenters. The van der Waals surface area contributed by atoms with Gasteiger partial charge in [0.1, 0.15) is 11.3 Å². The maximum atomic E-state index is 6.19. The van der Waals surface area contributed by atoms with Crippen molar-refractivity contribution in [2.45, 2.75) is 19.5 Å². The second-order valence-corrected chi connectivity index (χ2v) is 4.69. The van der Waals surface area contributed by atoms with Gasteiger partial charge in [-0.3, -0.25) is 0 Å². The van der Waals surface area contributed by atoms with E-state index in [4.69, 9.17) is 16.3 Å². The van der Waals surface area contributed by atoms with E-state index < -0.39 is 0 Å². The second kappa shape index (κ2) is 4.65. The molecule has 19 heavy (non-hydrogen) atoms. The van der Waals surface area contributed by atoms with Crippen LogP contribution in [0.15, 0.2) is 12.5 Å². The molecule has 1 atom stereocenters. The fourth-order valence-corrected chi connectivity index (χ4v) is 2.44. The van der Waals surface area contributed by atoms with Crippen molar-refractivity contribution in [2.24, 2.45) is 0 Å². The molecular formula is C11H13ClN6O. The van der Waals surface area contributed by atoms with Gasteiger partial charge in [-0.15, -0.1) is 10.2 Å². The zero-order valence-electron chi connectivity index (χ0n) is 10.6. The Morgan fingerprint density at radius 2 is 2.26 bits per heavy atom. The first kappa shape index (κ1) is 12.2. The molecule has 1 aliphatic heterocycles. The van der Waals surface area contributed by atoms with E-state index in [-0.39, 0.29) is 6.04 Å². The normalized spacial score (nSPS) is 18.3. The molecule has 7 nitrogen and oxygen atoms in total.